The van der Waals surface area contributed by atoms with Crippen LogP contribution >= 0.6 is 0 Å². The first-order chi connectivity index (χ1) is 12.7. The van der Waals surface area contributed by atoms with Gasteiger partial charge in [0, 0.05) is 11.3 Å². The quantitative estimate of drug-likeness (QED) is 0.564. The van der Waals surface area contributed by atoms with Crippen LogP contribution in [0.4, 0.5) is 10.1 Å². The standard InChI is InChI=1S/C20H13FN2O3/c21-16-8-2-1-7-15(16)19(24)23-14-6-3-5-13(11-14)18-12-22-20(26-18)17-9-4-10-25-17/h1-12H,(H,23,24). The molecule has 2 aromatic heterocycles. The summed E-state index contributed by atoms with van der Waals surface area (Å²) in [6.07, 6.45) is 3.12. The fourth-order valence-corrected chi connectivity index (χ4v) is 2.52. The molecule has 0 aliphatic carbocycles. The van der Waals surface area contributed by atoms with Gasteiger partial charge in [-0.3, -0.25) is 4.79 Å². The van der Waals surface area contributed by atoms with E-state index in [1.807, 2.05) is 6.07 Å². The number of amides is 1. The predicted octanol–water partition coefficient (Wildman–Crippen LogP) is 4.99. The predicted molar refractivity (Wildman–Crippen MR) is 94.0 cm³/mol. The lowest BCUT2D eigenvalue weighted by molar-refractivity contribution is 0.102. The number of carbonyl (C=O) groups is 1. The van der Waals surface area contributed by atoms with E-state index in [0.29, 0.717) is 23.1 Å². The highest BCUT2D eigenvalue weighted by Crippen LogP contribution is 2.28. The molecule has 0 atom stereocenters. The maximum atomic E-state index is 13.7. The molecule has 5 nitrogen and oxygen atoms in total. The van der Waals surface area contributed by atoms with Crippen molar-refractivity contribution in [2.24, 2.45) is 0 Å². The molecule has 0 unspecified atom stereocenters. The Morgan fingerprint density at radius 1 is 1.00 bits per heavy atom. The lowest BCUT2D eigenvalue weighted by atomic mass is 10.1. The molecule has 0 saturated heterocycles. The van der Waals surface area contributed by atoms with Gasteiger partial charge in [0.25, 0.3) is 11.8 Å². The molecule has 0 fully saturated rings. The Kier molecular flexibility index (Phi) is 4.07. The summed E-state index contributed by atoms with van der Waals surface area (Å²) < 4.78 is 24.7. The largest absolute Gasteiger partial charge is 0.459 e. The zero-order valence-corrected chi connectivity index (χ0v) is 13.5. The summed E-state index contributed by atoms with van der Waals surface area (Å²) in [6, 6.07) is 16.4. The Balaban J connectivity index is 1.57. The van der Waals surface area contributed by atoms with E-state index in [0.717, 1.165) is 5.56 Å². The Hall–Kier alpha value is -3.67. The van der Waals surface area contributed by atoms with Crippen LogP contribution in [0.2, 0.25) is 0 Å². The summed E-state index contributed by atoms with van der Waals surface area (Å²) in [6.45, 7) is 0. The van der Waals surface area contributed by atoms with Gasteiger partial charge in [-0.15, -0.1) is 0 Å². The van der Waals surface area contributed by atoms with Gasteiger partial charge in [-0.25, -0.2) is 9.37 Å². The molecule has 128 valence electrons. The van der Waals surface area contributed by atoms with Crippen molar-refractivity contribution in [1.82, 2.24) is 4.98 Å². The van der Waals surface area contributed by atoms with Crippen molar-refractivity contribution >= 4 is 11.6 Å². The van der Waals surface area contributed by atoms with Crippen molar-refractivity contribution in [3.8, 4) is 23.0 Å². The second kappa shape index (κ2) is 6.68. The van der Waals surface area contributed by atoms with E-state index in [-0.39, 0.29) is 5.56 Å². The van der Waals surface area contributed by atoms with E-state index >= 15 is 0 Å². The molecule has 4 aromatic rings. The van der Waals surface area contributed by atoms with Crippen LogP contribution < -0.4 is 5.32 Å². The van der Waals surface area contributed by atoms with Gasteiger partial charge in [-0.1, -0.05) is 24.3 Å². The number of furan rings is 1. The van der Waals surface area contributed by atoms with Crippen LogP contribution in [0, 0.1) is 5.82 Å². The third-order valence-electron chi connectivity index (χ3n) is 3.76. The molecule has 2 heterocycles. The monoisotopic (exact) mass is 348 g/mol. The van der Waals surface area contributed by atoms with Crippen molar-refractivity contribution in [3.05, 3.63) is 84.5 Å². The lowest BCUT2D eigenvalue weighted by Crippen LogP contribution is -2.13. The van der Waals surface area contributed by atoms with Crippen LogP contribution in [0.1, 0.15) is 10.4 Å². The van der Waals surface area contributed by atoms with Crippen LogP contribution in [0.25, 0.3) is 23.0 Å². The van der Waals surface area contributed by atoms with Crippen molar-refractivity contribution in [3.63, 3.8) is 0 Å². The van der Waals surface area contributed by atoms with Gasteiger partial charge in [0.05, 0.1) is 18.0 Å². The Morgan fingerprint density at radius 3 is 2.69 bits per heavy atom. The number of benzene rings is 2. The van der Waals surface area contributed by atoms with Gasteiger partial charge in [-0.2, -0.15) is 0 Å². The third-order valence-corrected chi connectivity index (χ3v) is 3.76. The Labute approximate surface area is 148 Å². The highest BCUT2D eigenvalue weighted by atomic mass is 19.1. The van der Waals surface area contributed by atoms with Crippen molar-refractivity contribution in [2.75, 3.05) is 5.32 Å². The number of oxazole rings is 1. The molecule has 2 aromatic carbocycles. The average Bonchev–Trinajstić information content (AvgIpc) is 3.34. The number of hydrogen-bond donors (Lipinski definition) is 1. The normalized spacial score (nSPS) is 10.7. The molecule has 26 heavy (non-hydrogen) atoms. The summed E-state index contributed by atoms with van der Waals surface area (Å²) in [5.74, 6) is 0.331. The summed E-state index contributed by atoms with van der Waals surface area (Å²) in [7, 11) is 0. The number of carbonyl (C=O) groups excluding carboxylic acids is 1. The molecule has 0 aliphatic heterocycles. The summed E-state index contributed by atoms with van der Waals surface area (Å²) in [5.41, 5.74) is 1.23. The first-order valence-electron chi connectivity index (χ1n) is 7.87. The smallest absolute Gasteiger partial charge is 0.263 e. The maximum absolute atomic E-state index is 13.7. The molecule has 1 amide bonds. The molecule has 0 spiro atoms. The van der Waals surface area contributed by atoms with Gasteiger partial charge in [0.15, 0.2) is 11.5 Å². The Morgan fingerprint density at radius 2 is 1.88 bits per heavy atom. The number of anilines is 1. The van der Waals surface area contributed by atoms with Gasteiger partial charge in [0.1, 0.15) is 5.82 Å². The minimum atomic E-state index is -0.570. The number of nitrogens with zero attached hydrogens (tertiary/aromatic N) is 1. The highest BCUT2D eigenvalue weighted by Gasteiger charge is 2.13. The van der Waals surface area contributed by atoms with Crippen LogP contribution in [-0.2, 0) is 0 Å². The van der Waals surface area contributed by atoms with E-state index in [2.05, 4.69) is 10.3 Å². The highest BCUT2D eigenvalue weighted by molar-refractivity contribution is 6.04. The summed E-state index contributed by atoms with van der Waals surface area (Å²) in [4.78, 5) is 16.4. The second-order valence-electron chi connectivity index (χ2n) is 5.52. The van der Waals surface area contributed by atoms with Crippen molar-refractivity contribution < 1.29 is 18.0 Å². The van der Waals surface area contributed by atoms with Crippen molar-refractivity contribution in [1.29, 1.82) is 0 Å². The van der Waals surface area contributed by atoms with Crippen LogP contribution in [0.5, 0.6) is 0 Å². The number of hydrogen-bond acceptors (Lipinski definition) is 4. The molecular weight excluding hydrogens is 335 g/mol. The molecule has 4 rings (SSSR count). The van der Waals surface area contributed by atoms with Gasteiger partial charge >= 0.3 is 0 Å². The van der Waals surface area contributed by atoms with Gasteiger partial charge in [0.2, 0.25) is 0 Å². The maximum Gasteiger partial charge on any atom is 0.263 e. The molecule has 0 aliphatic rings. The fourth-order valence-electron chi connectivity index (χ4n) is 2.52. The summed E-state index contributed by atoms with van der Waals surface area (Å²) >= 11 is 0. The first kappa shape index (κ1) is 15.8. The van der Waals surface area contributed by atoms with E-state index in [1.54, 1.807) is 42.6 Å². The van der Waals surface area contributed by atoms with Crippen molar-refractivity contribution in [2.45, 2.75) is 0 Å². The number of nitrogens with one attached hydrogen (secondary N) is 1. The Bertz CT molecular complexity index is 1050. The molecular formula is C20H13FN2O3. The first-order valence-corrected chi connectivity index (χ1v) is 7.87. The van der Waals surface area contributed by atoms with Crippen LogP contribution in [-0.4, -0.2) is 10.9 Å². The third kappa shape index (κ3) is 3.12. The minimum absolute atomic E-state index is 0.0160. The lowest BCUT2D eigenvalue weighted by Gasteiger charge is -2.07. The van der Waals surface area contributed by atoms with E-state index in [4.69, 9.17) is 8.83 Å². The van der Waals surface area contributed by atoms with Crippen LogP contribution in [0.15, 0.2) is 82.0 Å². The molecule has 0 bridgehead atoms. The number of halogens is 1. The zero-order valence-electron chi connectivity index (χ0n) is 13.5. The molecule has 0 saturated carbocycles. The number of rotatable bonds is 4. The fraction of sp³-hybridized carbons (Fsp3) is 0. The topological polar surface area (TPSA) is 68.3 Å². The van der Waals surface area contributed by atoms with Gasteiger partial charge in [-0.05, 0) is 36.4 Å². The van der Waals surface area contributed by atoms with Gasteiger partial charge < -0.3 is 14.2 Å². The molecule has 6 heteroatoms. The van der Waals surface area contributed by atoms with E-state index < -0.39 is 11.7 Å². The van der Waals surface area contributed by atoms with E-state index in [1.165, 1.54) is 24.5 Å². The second-order valence-corrected chi connectivity index (χ2v) is 5.52. The molecule has 1 N–H and O–H groups in total. The SMILES string of the molecule is O=C(Nc1cccc(-c2cnc(-c3ccco3)o2)c1)c1ccccc1F. The average molecular weight is 348 g/mol. The number of aromatic nitrogens is 1. The molecule has 0 radical (unpaired) electrons. The zero-order chi connectivity index (χ0) is 17.9. The van der Waals surface area contributed by atoms with E-state index in [9.17, 15) is 9.18 Å². The minimum Gasteiger partial charge on any atom is -0.459 e. The van der Waals surface area contributed by atoms with Crippen LogP contribution in [0.3, 0.4) is 0 Å². The summed E-state index contributed by atoms with van der Waals surface area (Å²) in [5, 5.41) is 2.68.